The van der Waals surface area contributed by atoms with Crippen molar-refractivity contribution >= 4 is 22.5 Å². The van der Waals surface area contributed by atoms with E-state index < -0.39 is 5.60 Å². The van der Waals surface area contributed by atoms with Gasteiger partial charge in [0.25, 0.3) is 0 Å². The fourth-order valence-corrected chi connectivity index (χ4v) is 2.25. The van der Waals surface area contributed by atoms with Crippen LogP contribution in [-0.4, -0.2) is 5.11 Å². The van der Waals surface area contributed by atoms with Crippen molar-refractivity contribution in [3.63, 3.8) is 0 Å². The van der Waals surface area contributed by atoms with Crippen molar-refractivity contribution in [1.29, 1.82) is 0 Å². The zero-order valence-corrected chi connectivity index (χ0v) is 8.94. The zero-order valence-electron chi connectivity index (χ0n) is 7.23. The molecular formula is C10H12OS2. The quantitative estimate of drug-likeness (QED) is 0.580. The van der Waals surface area contributed by atoms with Crippen LogP contribution < -0.4 is 0 Å². The molecule has 1 saturated carbocycles. The van der Waals surface area contributed by atoms with Gasteiger partial charge < -0.3 is 5.11 Å². The highest BCUT2D eigenvalue weighted by molar-refractivity contribution is 8.68. The molecule has 0 radical (unpaired) electrons. The number of hydrogen-bond acceptors (Lipinski definition) is 3. The predicted molar refractivity (Wildman–Crippen MR) is 59.0 cm³/mol. The maximum Gasteiger partial charge on any atom is 0.0896 e. The summed E-state index contributed by atoms with van der Waals surface area (Å²) in [6.07, 6.45) is 2.94. The van der Waals surface area contributed by atoms with E-state index in [2.05, 4.69) is 11.7 Å². The van der Waals surface area contributed by atoms with E-state index in [1.807, 2.05) is 24.3 Å². The van der Waals surface area contributed by atoms with Crippen LogP contribution in [0.5, 0.6) is 0 Å². The number of benzene rings is 1. The Bertz CT molecular complexity index is 290. The molecule has 1 aliphatic rings. The summed E-state index contributed by atoms with van der Waals surface area (Å²) in [5, 5.41) is 10.0. The molecule has 1 N–H and O–H groups in total. The Morgan fingerprint density at radius 2 is 1.85 bits per heavy atom. The van der Waals surface area contributed by atoms with E-state index in [1.54, 1.807) is 0 Å². The molecule has 3 heteroatoms. The van der Waals surface area contributed by atoms with Gasteiger partial charge in [-0.1, -0.05) is 22.9 Å². The summed E-state index contributed by atoms with van der Waals surface area (Å²) < 4.78 is 0. The maximum absolute atomic E-state index is 10.0. The molecule has 0 bridgehead atoms. The first kappa shape index (κ1) is 9.44. The lowest BCUT2D eigenvalue weighted by Crippen LogP contribution is -2.33. The van der Waals surface area contributed by atoms with E-state index in [-0.39, 0.29) is 0 Å². The third-order valence-corrected chi connectivity index (χ3v) is 3.79. The molecule has 0 atom stereocenters. The molecule has 1 aliphatic carbocycles. The molecule has 0 aromatic heterocycles. The molecule has 0 heterocycles. The monoisotopic (exact) mass is 212 g/mol. The first-order chi connectivity index (χ1) is 6.24. The summed E-state index contributed by atoms with van der Waals surface area (Å²) in [5.41, 5.74) is 0.518. The Labute approximate surface area is 87.4 Å². The molecule has 0 aliphatic heterocycles. The first-order valence-electron chi connectivity index (χ1n) is 4.39. The van der Waals surface area contributed by atoms with Crippen LogP contribution in [0.2, 0.25) is 0 Å². The van der Waals surface area contributed by atoms with Crippen LogP contribution in [0.25, 0.3) is 0 Å². The van der Waals surface area contributed by atoms with Crippen molar-refractivity contribution < 1.29 is 5.11 Å². The molecule has 1 aromatic rings. The largest absolute Gasteiger partial charge is 0.385 e. The topological polar surface area (TPSA) is 20.2 Å². The van der Waals surface area contributed by atoms with Gasteiger partial charge in [-0.25, -0.2) is 0 Å². The van der Waals surface area contributed by atoms with Gasteiger partial charge in [-0.2, -0.15) is 0 Å². The molecule has 70 valence electrons. The fourth-order valence-electron chi connectivity index (χ4n) is 1.63. The molecule has 0 saturated heterocycles. The molecule has 0 spiro atoms. The normalized spacial score (nSPS) is 19.5. The standard InChI is InChI=1S/C10H12OS2/c11-10(6-1-7-10)8-2-4-9(13-12)5-3-8/h2-5,11-12H,1,6-7H2. The summed E-state index contributed by atoms with van der Waals surface area (Å²) in [4.78, 5) is 1.12. The van der Waals surface area contributed by atoms with Crippen molar-refractivity contribution in [2.45, 2.75) is 29.8 Å². The lowest BCUT2D eigenvalue weighted by Gasteiger charge is -2.37. The van der Waals surface area contributed by atoms with Gasteiger partial charge in [-0.3, -0.25) is 0 Å². The Morgan fingerprint density at radius 3 is 2.23 bits per heavy atom. The predicted octanol–water partition coefficient (Wildman–Crippen LogP) is 3.00. The highest BCUT2D eigenvalue weighted by atomic mass is 33.1. The van der Waals surface area contributed by atoms with E-state index in [4.69, 9.17) is 0 Å². The molecule has 0 unspecified atom stereocenters. The van der Waals surface area contributed by atoms with Crippen molar-refractivity contribution in [3.05, 3.63) is 29.8 Å². The minimum absolute atomic E-state index is 0.528. The number of hydrogen-bond donors (Lipinski definition) is 2. The number of rotatable bonds is 2. The van der Waals surface area contributed by atoms with Gasteiger partial charge in [0.15, 0.2) is 0 Å². The molecule has 1 nitrogen and oxygen atoms in total. The SMILES string of the molecule is OC1(c2ccc(SS)cc2)CCC1. The second-order valence-electron chi connectivity index (χ2n) is 3.50. The van der Waals surface area contributed by atoms with E-state index in [9.17, 15) is 5.11 Å². The molecule has 1 fully saturated rings. The summed E-state index contributed by atoms with van der Waals surface area (Å²) >= 11 is 4.11. The van der Waals surface area contributed by atoms with E-state index in [0.29, 0.717) is 0 Å². The van der Waals surface area contributed by atoms with E-state index in [0.717, 1.165) is 29.7 Å². The Morgan fingerprint density at radius 1 is 1.23 bits per heavy atom. The van der Waals surface area contributed by atoms with Gasteiger partial charge in [0, 0.05) is 4.90 Å². The molecule has 13 heavy (non-hydrogen) atoms. The van der Waals surface area contributed by atoms with Crippen LogP contribution in [0.1, 0.15) is 24.8 Å². The van der Waals surface area contributed by atoms with Crippen molar-refractivity contribution in [3.8, 4) is 0 Å². The summed E-state index contributed by atoms with van der Waals surface area (Å²) in [6.45, 7) is 0. The third kappa shape index (κ3) is 1.73. The van der Waals surface area contributed by atoms with Gasteiger partial charge in [0.05, 0.1) is 5.60 Å². The number of aliphatic hydroxyl groups is 1. The van der Waals surface area contributed by atoms with Crippen LogP contribution in [0.3, 0.4) is 0 Å². The van der Waals surface area contributed by atoms with Crippen LogP contribution in [0.4, 0.5) is 0 Å². The highest BCUT2D eigenvalue weighted by Gasteiger charge is 2.35. The minimum atomic E-state index is -0.528. The minimum Gasteiger partial charge on any atom is -0.385 e. The van der Waals surface area contributed by atoms with E-state index >= 15 is 0 Å². The van der Waals surface area contributed by atoms with Gasteiger partial charge in [0.1, 0.15) is 0 Å². The Kier molecular flexibility index (Phi) is 2.58. The Balaban J connectivity index is 2.22. The molecule has 2 rings (SSSR count). The fraction of sp³-hybridized carbons (Fsp3) is 0.400. The summed E-state index contributed by atoms with van der Waals surface area (Å²) in [6, 6.07) is 8.00. The van der Waals surface area contributed by atoms with Gasteiger partial charge in [0.2, 0.25) is 0 Å². The average molecular weight is 212 g/mol. The zero-order chi connectivity index (χ0) is 9.31. The molecule has 1 aromatic carbocycles. The summed E-state index contributed by atoms with van der Waals surface area (Å²) in [5.74, 6) is 0. The van der Waals surface area contributed by atoms with Gasteiger partial charge in [-0.05, 0) is 37.0 Å². The lowest BCUT2D eigenvalue weighted by molar-refractivity contribution is -0.0388. The Hall–Kier alpha value is -0.120. The second-order valence-corrected chi connectivity index (χ2v) is 4.70. The lowest BCUT2D eigenvalue weighted by atomic mass is 9.75. The van der Waals surface area contributed by atoms with Crippen LogP contribution in [0, 0.1) is 0 Å². The molecular weight excluding hydrogens is 200 g/mol. The summed E-state index contributed by atoms with van der Waals surface area (Å²) in [7, 11) is 1.43. The second kappa shape index (κ2) is 3.56. The van der Waals surface area contributed by atoms with Crippen LogP contribution in [0.15, 0.2) is 29.2 Å². The first-order valence-corrected chi connectivity index (χ1v) is 6.26. The third-order valence-electron chi connectivity index (χ3n) is 2.68. The van der Waals surface area contributed by atoms with Crippen molar-refractivity contribution in [1.82, 2.24) is 0 Å². The van der Waals surface area contributed by atoms with Crippen molar-refractivity contribution in [2.24, 2.45) is 0 Å². The molecule has 0 amide bonds. The van der Waals surface area contributed by atoms with Crippen molar-refractivity contribution in [2.75, 3.05) is 0 Å². The van der Waals surface area contributed by atoms with Gasteiger partial charge in [-0.15, -0.1) is 11.7 Å². The van der Waals surface area contributed by atoms with Crippen LogP contribution in [-0.2, 0) is 5.60 Å². The number of thiol groups is 1. The smallest absolute Gasteiger partial charge is 0.0896 e. The average Bonchev–Trinajstić information content (AvgIpc) is 2.14. The highest BCUT2D eigenvalue weighted by Crippen LogP contribution is 2.41. The maximum atomic E-state index is 10.0. The van der Waals surface area contributed by atoms with E-state index in [1.165, 1.54) is 10.8 Å². The van der Waals surface area contributed by atoms with Gasteiger partial charge >= 0.3 is 0 Å². The van der Waals surface area contributed by atoms with Crippen LogP contribution >= 0.6 is 22.5 Å².